The molecule has 1 aliphatic heterocycles. The molecule has 1 aromatic heterocycles. The van der Waals surface area contributed by atoms with Gasteiger partial charge >= 0.3 is 5.97 Å². The van der Waals surface area contributed by atoms with E-state index in [4.69, 9.17) is 20.6 Å². The van der Waals surface area contributed by atoms with Gasteiger partial charge in [0.25, 0.3) is 5.56 Å². The Kier molecular flexibility index (Phi) is 9.56. The van der Waals surface area contributed by atoms with Crippen molar-refractivity contribution in [3.8, 4) is 23.8 Å². The van der Waals surface area contributed by atoms with Gasteiger partial charge in [-0.15, -0.1) is 6.42 Å². The summed E-state index contributed by atoms with van der Waals surface area (Å²) in [5, 5.41) is 0. The van der Waals surface area contributed by atoms with E-state index in [1.54, 1.807) is 18.4 Å². The van der Waals surface area contributed by atoms with Crippen LogP contribution in [0.3, 0.4) is 0 Å². The lowest BCUT2D eigenvalue weighted by molar-refractivity contribution is -0.139. The summed E-state index contributed by atoms with van der Waals surface area (Å²) < 4.78 is 21.0. The van der Waals surface area contributed by atoms with Crippen molar-refractivity contribution in [1.29, 1.82) is 0 Å². The number of hydrogen-bond acceptors (Lipinski definition) is 7. The van der Waals surface area contributed by atoms with Crippen LogP contribution in [-0.2, 0) is 9.53 Å². The third-order valence-corrected chi connectivity index (χ3v) is 8.30. The van der Waals surface area contributed by atoms with Crippen LogP contribution in [0.2, 0.25) is 0 Å². The van der Waals surface area contributed by atoms with Gasteiger partial charge in [-0.1, -0.05) is 35.5 Å². The minimum atomic E-state index is -0.753. The molecule has 1 atom stereocenters. The summed E-state index contributed by atoms with van der Waals surface area (Å²) in [6.07, 6.45) is 7.07. The Morgan fingerprint density at radius 2 is 1.95 bits per heavy atom. The average Bonchev–Trinajstić information content (AvgIpc) is 3.17. The van der Waals surface area contributed by atoms with E-state index in [1.807, 2.05) is 56.3 Å². The van der Waals surface area contributed by atoms with Crippen molar-refractivity contribution in [2.45, 2.75) is 39.8 Å². The highest BCUT2D eigenvalue weighted by molar-refractivity contribution is 14.1. The third-order valence-electron chi connectivity index (χ3n) is 5.71. The summed E-state index contributed by atoms with van der Waals surface area (Å²) in [5.74, 6) is 3.27. The lowest BCUT2D eigenvalue weighted by Crippen LogP contribution is -2.40. The van der Waals surface area contributed by atoms with E-state index in [-0.39, 0.29) is 24.9 Å². The number of aromatic nitrogens is 1. The van der Waals surface area contributed by atoms with Crippen LogP contribution in [0.4, 0.5) is 0 Å². The van der Waals surface area contributed by atoms with Crippen molar-refractivity contribution in [3.63, 3.8) is 0 Å². The molecule has 0 unspecified atom stereocenters. The third kappa shape index (κ3) is 6.25. The summed E-state index contributed by atoms with van der Waals surface area (Å²) >= 11 is 5.66. The van der Waals surface area contributed by atoms with E-state index < -0.39 is 12.0 Å². The van der Waals surface area contributed by atoms with Crippen LogP contribution >= 0.6 is 56.5 Å². The molecule has 2 aromatic carbocycles. The summed E-state index contributed by atoms with van der Waals surface area (Å²) in [7, 11) is 0. The zero-order chi connectivity index (χ0) is 28.3. The van der Waals surface area contributed by atoms with Crippen LogP contribution in [-0.4, -0.2) is 29.9 Å². The highest BCUT2D eigenvalue weighted by Gasteiger charge is 2.35. The fourth-order valence-electron chi connectivity index (χ4n) is 4.22. The second-order valence-electron chi connectivity index (χ2n) is 8.81. The topological polar surface area (TPSA) is 79.1 Å². The predicted octanol–water partition coefficient (Wildman–Crippen LogP) is 4.81. The number of benzene rings is 2. The predicted molar refractivity (Wildman–Crippen MR) is 169 cm³/mol. The molecular formula is C29H26I2N2O5S. The van der Waals surface area contributed by atoms with Crippen LogP contribution in [0.1, 0.15) is 44.9 Å². The molecule has 0 radical (unpaired) electrons. The van der Waals surface area contributed by atoms with Crippen LogP contribution in [0.25, 0.3) is 6.08 Å². The minimum Gasteiger partial charge on any atom is -0.491 e. The van der Waals surface area contributed by atoms with Gasteiger partial charge in [0.1, 0.15) is 24.1 Å². The molecule has 4 rings (SSSR count). The molecule has 1 aliphatic rings. The molecule has 0 saturated carbocycles. The van der Waals surface area contributed by atoms with Gasteiger partial charge in [-0.05, 0) is 103 Å². The number of para-hydroxylation sites is 1. The number of halogens is 2. The van der Waals surface area contributed by atoms with Gasteiger partial charge in [-0.3, -0.25) is 9.36 Å². The number of esters is 1. The fraction of sp³-hybridized carbons (Fsp3) is 0.276. The molecule has 2 heterocycles. The number of terminal acetylenes is 1. The molecule has 10 heteroatoms. The Balaban J connectivity index is 1.93. The zero-order valence-electron chi connectivity index (χ0n) is 21.8. The van der Waals surface area contributed by atoms with Gasteiger partial charge in [0.15, 0.2) is 4.80 Å². The maximum Gasteiger partial charge on any atom is 0.338 e. The molecule has 0 bridgehead atoms. The number of fused-ring (bicyclic) bond motifs is 1. The fourth-order valence-corrected chi connectivity index (χ4v) is 7.39. The van der Waals surface area contributed by atoms with Crippen LogP contribution < -0.4 is 24.4 Å². The Morgan fingerprint density at radius 3 is 2.59 bits per heavy atom. The zero-order valence-corrected chi connectivity index (χ0v) is 26.9. The first-order valence-electron chi connectivity index (χ1n) is 12.2. The van der Waals surface area contributed by atoms with Crippen molar-refractivity contribution < 1.29 is 19.0 Å². The molecule has 0 spiro atoms. The minimum absolute atomic E-state index is 0.101. The lowest BCUT2D eigenvalue weighted by Gasteiger charge is -2.26. The number of carbonyl (C=O) groups is 1. The summed E-state index contributed by atoms with van der Waals surface area (Å²) in [6.45, 7) is 7.76. The van der Waals surface area contributed by atoms with Crippen molar-refractivity contribution in [2.24, 2.45) is 4.99 Å². The smallest absolute Gasteiger partial charge is 0.338 e. The first-order valence-corrected chi connectivity index (χ1v) is 15.1. The van der Waals surface area contributed by atoms with Crippen molar-refractivity contribution in [1.82, 2.24) is 4.57 Å². The number of ether oxygens (including phenoxy) is 3. The van der Waals surface area contributed by atoms with Crippen LogP contribution in [0, 0.1) is 19.5 Å². The first kappa shape index (κ1) is 29.4. The molecule has 202 valence electrons. The quantitative estimate of drug-likeness (QED) is 0.187. The van der Waals surface area contributed by atoms with Crippen molar-refractivity contribution >= 4 is 68.6 Å². The molecular weight excluding hydrogens is 742 g/mol. The van der Waals surface area contributed by atoms with Gasteiger partial charge in [0.2, 0.25) is 0 Å². The molecule has 0 fully saturated rings. The second-order valence-corrected chi connectivity index (χ2v) is 12.1. The van der Waals surface area contributed by atoms with Gasteiger partial charge in [0.05, 0.1) is 35.7 Å². The van der Waals surface area contributed by atoms with E-state index in [9.17, 15) is 9.59 Å². The van der Waals surface area contributed by atoms with Crippen molar-refractivity contribution in [2.75, 3.05) is 13.2 Å². The maximum absolute atomic E-state index is 14.0. The summed E-state index contributed by atoms with van der Waals surface area (Å²) in [5.41, 5.74) is 2.09. The molecule has 7 nitrogen and oxygen atoms in total. The number of carbonyl (C=O) groups excluding carboxylic acids is 1. The van der Waals surface area contributed by atoms with Gasteiger partial charge in [-0.2, -0.15) is 0 Å². The largest absolute Gasteiger partial charge is 0.491 e. The molecule has 0 N–H and O–H groups in total. The highest BCUT2D eigenvalue weighted by atomic mass is 127. The van der Waals surface area contributed by atoms with E-state index in [0.717, 1.165) is 12.7 Å². The van der Waals surface area contributed by atoms with Gasteiger partial charge in [-0.25, -0.2) is 9.79 Å². The van der Waals surface area contributed by atoms with E-state index in [0.29, 0.717) is 37.7 Å². The van der Waals surface area contributed by atoms with Gasteiger partial charge < -0.3 is 14.2 Å². The monoisotopic (exact) mass is 768 g/mol. The second kappa shape index (κ2) is 12.7. The van der Waals surface area contributed by atoms with Crippen molar-refractivity contribution in [3.05, 3.63) is 85.6 Å². The standard InChI is InChI=1S/C29H26I2N2O5S/c1-6-12-37-26-20(30)13-18(14-21(26)31)15-23-27(34)33-25(19-10-8-9-11-22(19)38-16(3)4)24(28(35)36-7-2)17(5)32-29(33)39-23/h1,8-11,13-16,25H,7,12H2,2-5H3/b23-15+/t25-/m1/s1. The number of rotatable bonds is 8. The van der Waals surface area contributed by atoms with E-state index in [2.05, 4.69) is 56.1 Å². The number of allylic oxidation sites excluding steroid dienone is 1. The highest BCUT2D eigenvalue weighted by Crippen LogP contribution is 2.36. The van der Waals surface area contributed by atoms with Crippen LogP contribution in [0.5, 0.6) is 11.5 Å². The molecule has 0 saturated heterocycles. The Hall–Kier alpha value is -2.63. The normalized spacial score (nSPS) is 15.0. The summed E-state index contributed by atoms with van der Waals surface area (Å²) in [4.78, 5) is 32.3. The molecule has 39 heavy (non-hydrogen) atoms. The van der Waals surface area contributed by atoms with E-state index in [1.165, 1.54) is 11.3 Å². The molecule has 3 aromatic rings. The molecule has 0 amide bonds. The number of nitrogens with zero attached hydrogens (tertiary/aromatic N) is 2. The SMILES string of the molecule is C#CCOc1c(I)cc(/C=c2/sc3n(c2=O)[C@H](c2ccccc2OC(C)C)C(C(=O)OCC)=C(C)N=3)cc1I. The Bertz CT molecular complexity index is 1660. The van der Waals surface area contributed by atoms with E-state index >= 15 is 0 Å². The summed E-state index contributed by atoms with van der Waals surface area (Å²) in [6, 6.07) is 10.6. The number of hydrogen-bond donors (Lipinski definition) is 0. The first-order chi connectivity index (χ1) is 18.7. The average molecular weight is 768 g/mol. The lowest BCUT2D eigenvalue weighted by atomic mass is 9.95. The Morgan fingerprint density at radius 1 is 1.26 bits per heavy atom. The van der Waals surface area contributed by atoms with Crippen LogP contribution in [0.15, 0.2) is 57.5 Å². The Labute approximate surface area is 257 Å². The molecule has 0 aliphatic carbocycles. The number of thiazole rings is 1. The van der Waals surface area contributed by atoms with Gasteiger partial charge in [0, 0.05) is 5.56 Å². The maximum atomic E-state index is 14.0.